The molecule has 0 saturated carbocycles. The van der Waals surface area contributed by atoms with Crippen molar-refractivity contribution < 1.29 is 18.0 Å². The molecule has 6 aromatic rings. The molecule has 1 saturated heterocycles. The van der Waals surface area contributed by atoms with Crippen LogP contribution in [0.4, 0.5) is 19.0 Å². The first-order chi connectivity index (χ1) is 22.2. The highest BCUT2D eigenvalue weighted by atomic mass is 19.1. The number of likely N-dealkylation sites (tertiary alicyclic amines) is 1. The minimum atomic E-state index is -0.587. The van der Waals surface area contributed by atoms with Gasteiger partial charge in [-0.25, -0.2) is 28.1 Å². The quantitative estimate of drug-likeness (QED) is 0.240. The molecule has 1 aliphatic heterocycles. The second-order valence-corrected chi connectivity index (χ2v) is 11.7. The van der Waals surface area contributed by atoms with Gasteiger partial charge in [0.15, 0.2) is 11.5 Å². The Morgan fingerprint density at radius 2 is 1.70 bits per heavy atom. The van der Waals surface area contributed by atoms with Crippen molar-refractivity contribution in [1.29, 1.82) is 0 Å². The van der Waals surface area contributed by atoms with Crippen molar-refractivity contribution in [3.8, 4) is 22.5 Å². The Morgan fingerprint density at radius 3 is 2.46 bits per heavy atom. The molecule has 234 valence electrons. The number of carbonyl (C=O) groups excluding carboxylic acids is 1. The number of anilines is 1. The Hall–Kier alpha value is -5.23. The van der Waals surface area contributed by atoms with Gasteiger partial charge < -0.3 is 15.6 Å². The van der Waals surface area contributed by atoms with Gasteiger partial charge in [-0.1, -0.05) is 12.1 Å². The number of aryl methyl sites for hydroxylation is 1. The summed E-state index contributed by atoms with van der Waals surface area (Å²) in [6, 6.07) is 15.5. The monoisotopic (exact) mass is 624 g/mol. The number of halogens is 3. The van der Waals surface area contributed by atoms with Crippen molar-refractivity contribution in [2.45, 2.75) is 19.4 Å². The van der Waals surface area contributed by atoms with Crippen LogP contribution in [-0.2, 0) is 13.6 Å². The molecule has 9 nitrogen and oxygen atoms in total. The Labute approximate surface area is 262 Å². The van der Waals surface area contributed by atoms with E-state index in [9.17, 15) is 18.0 Å². The van der Waals surface area contributed by atoms with Crippen molar-refractivity contribution in [3.05, 3.63) is 102 Å². The number of piperidine rings is 1. The molecule has 7 rings (SSSR count). The number of benzene rings is 3. The summed E-state index contributed by atoms with van der Waals surface area (Å²) in [7, 11) is 1.91. The van der Waals surface area contributed by atoms with Crippen LogP contribution in [0.15, 0.2) is 73.2 Å². The average molecular weight is 625 g/mol. The zero-order valence-electron chi connectivity index (χ0n) is 25.1. The Kier molecular flexibility index (Phi) is 7.65. The number of imidazole rings is 2. The Bertz CT molecular complexity index is 2080. The van der Waals surface area contributed by atoms with Crippen molar-refractivity contribution in [2.24, 2.45) is 13.0 Å². The minimum Gasteiger partial charge on any atom is -0.381 e. The number of nitrogen functional groups attached to an aromatic ring is 1. The van der Waals surface area contributed by atoms with E-state index >= 15 is 0 Å². The van der Waals surface area contributed by atoms with Crippen LogP contribution in [0, 0.1) is 23.4 Å². The fourth-order valence-electron chi connectivity index (χ4n) is 6.10. The van der Waals surface area contributed by atoms with Crippen LogP contribution >= 0.6 is 0 Å². The molecule has 3 aromatic heterocycles. The summed E-state index contributed by atoms with van der Waals surface area (Å²) in [5.74, 6) is -1.46. The van der Waals surface area contributed by atoms with E-state index in [4.69, 9.17) is 5.73 Å². The van der Waals surface area contributed by atoms with Gasteiger partial charge in [0.2, 0.25) is 0 Å². The summed E-state index contributed by atoms with van der Waals surface area (Å²) < 4.78 is 44.9. The summed E-state index contributed by atoms with van der Waals surface area (Å²) in [5.41, 5.74) is 11.7. The maximum atomic E-state index is 14.1. The molecule has 0 spiro atoms. The average Bonchev–Trinajstić information content (AvgIpc) is 3.67. The van der Waals surface area contributed by atoms with Crippen LogP contribution in [0.5, 0.6) is 0 Å². The molecule has 1 amide bonds. The molecular formula is C34H31F3N8O. The lowest BCUT2D eigenvalue weighted by atomic mass is 9.96. The molecule has 1 fully saturated rings. The number of nitrogens with zero attached hydrogens (tertiary/aromatic N) is 6. The predicted molar refractivity (Wildman–Crippen MR) is 169 cm³/mol. The molecule has 0 unspecified atom stereocenters. The number of nitrogens with two attached hydrogens (primary N) is 1. The molecule has 0 radical (unpaired) electrons. The van der Waals surface area contributed by atoms with Gasteiger partial charge in [0.25, 0.3) is 5.91 Å². The van der Waals surface area contributed by atoms with Gasteiger partial charge in [-0.15, -0.1) is 0 Å². The Morgan fingerprint density at radius 1 is 0.957 bits per heavy atom. The van der Waals surface area contributed by atoms with Gasteiger partial charge >= 0.3 is 0 Å². The molecule has 0 bridgehead atoms. The van der Waals surface area contributed by atoms with Crippen LogP contribution in [0.3, 0.4) is 0 Å². The van der Waals surface area contributed by atoms with Crippen LogP contribution in [0.2, 0.25) is 0 Å². The fraction of sp³-hybridized carbons (Fsp3) is 0.235. The third-order valence-corrected chi connectivity index (χ3v) is 8.65. The smallest absolute Gasteiger partial charge is 0.271 e. The standard InChI is InChI=1S/C34H31F3N8O/c1-43-19-40-27-9-5-22(14-29(27)43)31-30(21-2-6-24(35)7-3-21)42-32(38)33-41-28(18-45(31)33)34(46)39-16-20-10-12-44(13-11-20)17-23-4-8-25(36)15-26(23)37/h2-9,14-15,18-20H,10-13,16-17H2,1H3,(H2,38,42)(H,39,46). The molecule has 1 aliphatic rings. The van der Waals surface area contributed by atoms with E-state index in [1.165, 1.54) is 24.3 Å². The minimum absolute atomic E-state index is 0.133. The molecule has 3 N–H and O–H groups in total. The summed E-state index contributed by atoms with van der Waals surface area (Å²) in [5, 5.41) is 3.02. The van der Waals surface area contributed by atoms with Gasteiger partial charge in [0.1, 0.15) is 23.1 Å². The lowest BCUT2D eigenvalue weighted by molar-refractivity contribution is 0.0930. The number of carbonyl (C=O) groups is 1. The molecule has 12 heteroatoms. The van der Waals surface area contributed by atoms with E-state index < -0.39 is 11.6 Å². The first-order valence-electron chi connectivity index (χ1n) is 15.0. The van der Waals surface area contributed by atoms with Crippen molar-refractivity contribution in [3.63, 3.8) is 0 Å². The third kappa shape index (κ3) is 5.67. The maximum Gasteiger partial charge on any atom is 0.271 e. The van der Waals surface area contributed by atoms with Crippen molar-refractivity contribution in [1.82, 2.24) is 34.1 Å². The molecular weight excluding hydrogens is 593 g/mol. The Balaban J connectivity index is 1.13. The number of amides is 1. The van der Waals surface area contributed by atoms with Crippen molar-refractivity contribution in [2.75, 3.05) is 25.4 Å². The molecule has 0 aliphatic carbocycles. The van der Waals surface area contributed by atoms with E-state index in [0.29, 0.717) is 41.3 Å². The van der Waals surface area contributed by atoms with Gasteiger partial charge in [-0.3, -0.25) is 14.1 Å². The van der Waals surface area contributed by atoms with Crippen LogP contribution in [0.25, 0.3) is 39.2 Å². The zero-order chi connectivity index (χ0) is 31.9. The largest absolute Gasteiger partial charge is 0.381 e. The van der Waals surface area contributed by atoms with Crippen molar-refractivity contribution >= 4 is 28.4 Å². The molecule has 0 atom stereocenters. The highest BCUT2D eigenvalue weighted by molar-refractivity contribution is 5.95. The first-order valence-corrected chi connectivity index (χ1v) is 15.0. The van der Waals surface area contributed by atoms with Crippen LogP contribution < -0.4 is 11.1 Å². The molecule has 3 aromatic carbocycles. The second-order valence-electron chi connectivity index (χ2n) is 11.7. The normalized spacial score (nSPS) is 14.3. The van der Waals surface area contributed by atoms with E-state index in [1.54, 1.807) is 29.1 Å². The maximum absolute atomic E-state index is 14.1. The number of rotatable bonds is 7. The highest BCUT2D eigenvalue weighted by Crippen LogP contribution is 2.35. The van der Waals surface area contributed by atoms with E-state index in [1.807, 2.05) is 29.8 Å². The molecule has 4 heterocycles. The van der Waals surface area contributed by atoms with E-state index in [-0.39, 0.29) is 29.2 Å². The van der Waals surface area contributed by atoms with Gasteiger partial charge in [0, 0.05) is 49.1 Å². The highest BCUT2D eigenvalue weighted by Gasteiger charge is 2.24. The number of nitrogens with one attached hydrogen (secondary N) is 1. The van der Waals surface area contributed by atoms with Crippen LogP contribution in [0.1, 0.15) is 28.9 Å². The van der Waals surface area contributed by atoms with Gasteiger partial charge in [-0.2, -0.15) is 0 Å². The summed E-state index contributed by atoms with van der Waals surface area (Å²) in [4.78, 5) is 29.2. The number of hydrogen-bond acceptors (Lipinski definition) is 6. The van der Waals surface area contributed by atoms with E-state index in [0.717, 1.165) is 48.6 Å². The zero-order valence-corrected chi connectivity index (χ0v) is 25.1. The lowest BCUT2D eigenvalue weighted by Gasteiger charge is -2.32. The van der Waals surface area contributed by atoms with Crippen LogP contribution in [-0.4, -0.2) is 54.4 Å². The summed E-state index contributed by atoms with van der Waals surface area (Å²) >= 11 is 0. The fourth-order valence-corrected chi connectivity index (χ4v) is 6.10. The number of fused-ring (bicyclic) bond motifs is 2. The summed E-state index contributed by atoms with van der Waals surface area (Å²) in [6.07, 6.45) is 5.04. The third-order valence-electron chi connectivity index (χ3n) is 8.65. The second kappa shape index (κ2) is 11.9. The summed E-state index contributed by atoms with van der Waals surface area (Å²) in [6.45, 7) is 2.36. The molecule has 46 heavy (non-hydrogen) atoms. The number of hydrogen-bond donors (Lipinski definition) is 2. The lowest BCUT2D eigenvalue weighted by Crippen LogP contribution is -2.38. The predicted octanol–water partition coefficient (Wildman–Crippen LogP) is 5.59. The topological polar surface area (TPSA) is 106 Å². The van der Waals surface area contributed by atoms with E-state index in [2.05, 4.69) is 25.2 Å². The number of aromatic nitrogens is 5. The SMILES string of the molecule is Cn1cnc2ccc(-c3c(-c4ccc(F)cc4)nc(N)c4nc(C(=O)NCC5CCN(Cc6ccc(F)cc6F)CC5)cn34)cc21. The van der Waals surface area contributed by atoms with Gasteiger partial charge in [0.05, 0.1) is 28.7 Å². The van der Waals surface area contributed by atoms with Gasteiger partial charge in [-0.05, 0) is 74.3 Å². The first kappa shape index (κ1) is 29.5.